The van der Waals surface area contributed by atoms with Gasteiger partial charge < -0.3 is 5.32 Å². The van der Waals surface area contributed by atoms with E-state index in [4.69, 9.17) is 0 Å². The van der Waals surface area contributed by atoms with E-state index in [2.05, 4.69) is 26.2 Å². The molecule has 1 amide bonds. The molecule has 1 aromatic rings. The smallest absolute Gasteiger partial charge is 0.212 e. The van der Waals surface area contributed by atoms with E-state index in [0.717, 1.165) is 8.79 Å². The predicted molar refractivity (Wildman–Crippen MR) is 44.2 cm³/mol. The number of thiazole rings is 1. The van der Waals surface area contributed by atoms with E-state index < -0.39 is 0 Å². The number of hydrogen-bond donors (Lipinski definition) is 1. The number of nitrogens with zero attached hydrogens (tertiary/aromatic N) is 1. The molecule has 54 valence electrons. The summed E-state index contributed by atoms with van der Waals surface area (Å²) in [6.45, 7) is 1.90. The largest absolute Gasteiger partial charge is 0.312 e. The standard InChI is InChI=1S/C5H5BrN2OS/c1-3-4(7-2-9)8-5(6)10-3/h2H,1H3,(H,7,9). The summed E-state index contributed by atoms with van der Waals surface area (Å²) in [6.07, 6.45) is 0.620. The molecule has 5 heteroatoms. The lowest BCUT2D eigenvalue weighted by Gasteiger charge is -1.89. The molecule has 0 saturated heterocycles. The summed E-state index contributed by atoms with van der Waals surface area (Å²) in [6, 6.07) is 0. The third-order valence-corrected chi connectivity index (χ3v) is 2.39. The topological polar surface area (TPSA) is 42.0 Å². The molecule has 0 aliphatic heterocycles. The van der Waals surface area contributed by atoms with Crippen molar-refractivity contribution in [2.45, 2.75) is 6.92 Å². The van der Waals surface area contributed by atoms with Crippen molar-refractivity contribution in [3.63, 3.8) is 0 Å². The summed E-state index contributed by atoms with van der Waals surface area (Å²) in [5.74, 6) is 0.631. The summed E-state index contributed by atoms with van der Waals surface area (Å²) in [7, 11) is 0. The highest BCUT2D eigenvalue weighted by Gasteiger charge is 2.02. The van der Waals surface area contributed by atoms with Crippen molar-refractivity contribution in [3.05, 3.63) is 8.79 Å². The molecule has 0 fully saturated rings. The summed E-state index contributed by atoms with van der Waals surface area (Å²) < 4.78 is 0.786. The second kappa shape index (κ2) is 3.12. The zero-order valence-corrected chi connectivity index (χ0v) is 7.62. The normalized spacial score (nSPS) is 9.40. The van der Waals surface area contributed by atoms with Crippen molar-refractivity contribution in [3.8, 4) is 0 Å². The predicted octanol–water partition coefficient (Wildman–Crippen LogP) is 1.78. The first-order valence-corrected chi connectivity index (χ1v) is 4.18. The van der Waals surface area contributed by atoms with Crippen LogP contribution in [0.2, 0.25) is 0 Å². The van der Waals surface area contributed by atoms with Crippen LogP contribution in [-0.4, -0.2) is 11.4 Å². The van der Waals surface area contributed by atoms with E-state index in [1.807, 2.05) is 6.92 Å². The lowest BCUT2D eigenvalue weighted by molar-refractivity contribution is -0.105. The number of nitrogens with one attached hydrogen (secondary N) is 1. The molecule has 10 heavy (non-hydrogen) atoms. The summed E-state index contributed by atoms with van der Waals surface area (Å²) >= 11 is 4.70. The van der Waals surface area contributed by atoms with Crippen LogP contribution in [0.3, 0.4) is 0 Å². The molecule has 1 rings (SSSR count). The Hall–Kier alpha value is -0.420. The Balaban J connectivity index is 2.91. The molecule has 0 aliphatic carbocycles. The minimum atomic E-state index is 0.620. The van der Waals surface area contributed by atoms with Crippen LogP contribution in [0.1, 0.15) is 4.88 Å². The van der Waals surface area contributed by atoms with Gasteiger partial charge in [0.05, 0.1) is 0 Å². The number of hydrogen-bond acceptors (Lipinski definition) is 3. The number of aromatic nitrogens is 1. The molecule has 0 radical (unpaired) electrons. The third-order valence-electron chi connectivity index (χ3n) is 0.966. The van der Waals surface area contributed by atoms with Crippen LogP contribution in [0, 0.1) is 6.92 Å². The Labute approximate surface area is 70.6 Å². The van der Waals surface area contributed by atoms with E-state index in [9.17, 15) is 4.79 Å². The molecule has 1 N–H and O–H groups in total. The number of carbonyl (C=O) groups is 1. The fourth-order valence-electron chi connectivity index (χ4n) is 0.554. The van der Waals surface area contributed by atoms with Gasteiger partial charge in [0.1, 0.15) is 5.82 Å². The van der Waals surface area contributed by atoms with E-state index in [-0.39, 0.29) is 0 Å². The van der Waals surface area contributed by atoms with Crippen LogP contribution in [0.15, 0.2) is 3.92 Å². The molecule has 0 atom stereocenters. The average molecular weight is 221 g/mol. The SMILES string of the molecule is Cc1sc(Br)nc1NC=O. The monoisotopic (exact) mass is 220 g/mol. The Morgan fingerprint density at radius 3 is 2.90 bits per heavy atom. The molecule has 1 heterocycles. The summed E-state index contributed by atoms with van der Waals surface area (Å²) in [5, 5.41) is 2.49. The number of amides is 1. The number of halogens is 1. The second-order valence-electron chi connectivity index (χ2n) is 1.63. The van der Waals surface area contributed by atoms with Crippen molar-refractivity contribution in [2.75, 3.05) is 5.32 Å². The van der Waals surface area contributed by atoms with Gasteiger partial charge in [0, 0.05) is 4.88 Å². The number of aryl methyl sites for hydroxylation is 1. The molecule has 0 unspecified atom stereocenters. The Kier molecular flexibility index (Phi) is 2.39. The minimum Gasteiger partial charge on any atom is -0.312 e. The van der Waals surface area contributed by atoms with Gasteiger partial charge in [-0.15, -0.1) is 11.3 Å². The van der Waals surface area contributed by atoms with Crippen LogP contribution in [0.5, 0.6) is 0 Å². The number of carbonyl (C=O) groups excluding carboxylic acids is 1. The van der Waals surface area contributed by atoms with Gasteiger partial charge in [0.25, 0.3) is 0 Å². The van der Waals surface area contributed by atoms with Gasteiger partial charge in [0.2, 0.25) is 6.41 Å². The van der Waals surface area contributed by atoms with Gasteiger partial charge in [-0.3, -0.25) is 4.79 Å². The molecule has 3 nitrogen and oxygen atoms in total. The Morgan fingerprint density at radius 1 is 1.80 bits per heavy atom. The zero-order valence-electron chi connectivity index (χ0n) is 5.22. The quantitative estimate of drug-likeness (QED) is 0.773. The maximum atomic E-state index is 9.97. The number of rotatable bonds is 2. The molecule has 0 saturated carbocycles. The van der Waals surface area contributed by atoms with E-state index in [0.29, 0.717) is 12.2 Å². The lowest BCUT2D eigenvalue weighted by atomic mass is 10.5. The summed E-state index contributed by atoms with van der Waals surface area (Å²) in [4.78, 5) is 15.0. The van der Waals surface area contributed by atoms with Crippen LogP contribution in [-0.2, 0) is 4.79 Å². The first-order chi connectivity index (χ1) is 4.74. The molecule has 0 spiro atoms. The fourth-order valence-corrected chi connectivity index (χ4v) is 2.05. The van der Waals surface area contributed by atoms with Gasteiger partial charge in [-0.25, -0.2) is 4.98 Å². The molecule has 0 aromatic carbocycles. The van der Waals surface area contributed by atoms with Gasteiger partial charge in [0.15, 0.2) is 3.92 Å². The van der Waals surface area contributed by atoms with E-state index in [1.165, 1.54) is 11.3 Å². The molecule has 1 aromatic heterocycles. The van der Waals surface area contributed by atoms with E-state index in [1.54, 1.807) is 0 Å². The Bertz CT molecular complexity index is 248. The Morgan fingerprint density at radius 2 is 2.50 bits per heavy atom. The lowest BCUT2D eigenvalue weighted by Crippen LogP contribution is -1.94. The van der Waals surface area contributed by atoms with Gasteiger partial charge in [-0.1, -0.05) is 0 Å². The third kappa shape index (κ3) is 1.54. The first kappa shape index (κ1) is 7.68. The zero-order chi connectivity index (χ0) is 7.56. The van der Waals surface area contributed by atoms with E-state index >= 15 is 0 Å². The van der Waals surface area contributed by atoms with Gasteiger partial charge in [-0.2, -0.15) is 0 Å². The van der Waals surface area contributed by atoms with Gasteiger partial charge >= 0.3 is 0 Å². The number of anilines is 1. The molecule has 0 aliphatic rings. The van der Waals surface area contributed by atoms with Gasteiger partial charge in [-0.05, 0) is 22.9 Å². The molecular formula is C5H5BrN2OS. The highest BCUT2D eigenvalue weighted by Crippen LogP contribution is 2.25. The molecular weight excluding hydrogens is 216 g/mol. The van der Waals surface area contributed by atoms with Crippen LogP contribution >= 0.6 is 27.3 Å². The highest BCUT2D eigenvalue weighted by molar-refractivity contribution is 9.11. The van der Waals surface area contributed by atoms with Crippen LogP contribution in [0.4, 0.5) is 5.82 Å². The fraction of sp³-hybridized carbons (Fsp3) is 0.200. The van der Waals surface area contributed by atoms with Crippen molar-refractivity contribution in [1.82, 2.24) is 4.98 Å². The first-order valence-electron chi connectivity index (χ1n) is 2.57. The maximum Gasteiger partial charge on any atom is 0.212 e. The van der Waals surface area contributed by atoms with Crippen LogP contribution < -0.4 is 5.32 Å². The van der Waals surface area contributed by atoms with Crippen LogP contribution in [0.25, 0.3) is 0 Å². The van der Waals surface area contributed by atoms with Crippen molar-refractivity contribution < 1.29 is 4.79 Å². The van der Waals surface area contributed by atoms with Crippen molar-refractivity contribution in [2.24, 2.45) is 0 Å². The van der Waals surface area contributed by atoms with Crippen molar-refractivity contribution >= 4 is 39.5 Å². The average Bonchev–Trinajstić information content (AvgIpc) is 2.13. The second-order valence-corrected chi connectivity index (χ2v) is 4.11. The van der Waals surface area contributed by atoms with Crippen molar-refractivity contribution in [1.29, 1.82) is 0 Å². The minimum absolute atomic E-state index is 0.620. The summed E-state index contributed by atoms with van der Waals surface area (Å²) in [5.41, 5.74) is 0. The maximum absolute atomic E-state index is 9.97. The highest BCUT2D eigenvalue weighted by atomic mass is 79.9. The molecule has 0 bridgehead atoms.